The predicted molar refractivity (Wildman–Crippen MR) is 144 cm³/mol. The van der Waals surface area contributed by atoms with Crippen molar-refractivity contribution in [2.75, 3.05) is 5.32 Å². The Kier molecular flexibility index (Phi) is 7.35. The van der Waals surface area contributed by atoms with E-state index in [2.05, 4.69) is 20.5 Å². The number of hydrogen-bond donors (Lipinski definition) is 1. The Labute approximate surface area is 215 Å². The lowest BCUT2D eigenvalue weighted by Gasteiger charge is -2.18. The second-order valence-corrected chi connectivity index (χ2v) is 10.9. The molecule has 0 radical (unpaired) electrons. The summed E-state index contributed by atoms with van der Waals surface area (Å²) in [7, 11) is 0. The average Bonchev–Trinajstić information content (AvgIpc) is 3.27. The summed E-state index contributed by atoms with van der Waals surface area (Å²) in [5.41, 5.74) is 3.64. The van der Waals surface area contributed by atoms with Gasteiger partial charge in [0.15, 0.2) is 16.8 Å². The van der Waals surface area contributed by atoms with Gasteiger partial charge >= 0.3 is 0 Å². The molecule has 0 spiro atoms. The van der Waals surface area contributed by atoms with Crippen molar-refractivity contribution < 1.29 is 9.59 Å². The van der Waals surface area contributed by atoms with Gasteiger partial charge in [-0.3, -0.25) is 19.1 Å². The molecule has 184 valence electrons. The van der Waals surface area contributed by atoms with Gasteiger partial charge in [0.1, 0.15) is 0 Å². The second-order valence-electron chi connectivity index (χ2n) is 9.57. The summed E-state index contributed by atoms with van der Waals surface area (Å²) in [6.45, 7) is 9.47. The Balaban J connectivity index is 1.59. The first kappa shape index (κ1) is 25.3. The number of amides is 1. The lowest BCUT2D eigenvalue weighted by atomic mass is 9.95. The van der Waals surface area contributed by atoms with E-state index in [-0.39, 0.29) is 11.7 Å². The molecule has 36 heavy (non-hydrogen) atoms. The monoisotopic (exact) mass is 499 g/mol. The molecule has 1 N–H and O–H groups in total. The molecule has 0 fully saturated rings. The molecule has 1 unspecified atom stereocenters. The maximum absolute atomic E-state index is 13.3. The highest BCUT2D eigenvalue weighted by atomic mass is 32.2. The van der Waals surface area contributed by atoms with Crippen LogP contribution in [0.2, 0.25) is 0 Å². The molecule has 0 saturated carbocycles. The molecule has 7 nitrogen and oxygen atoms in total. The zero-order valence-electron chi connectivity index (χ0n) is 21.0. The lowest BCUT2D eigenvalue weighted by molar-refractivity contribution is -0.123. The standard InChI is InChI=1S/C28H29N5O2S/c1-18-8-6-7-9-23(18)33-25(21-14-16-29-17-15-21)31-32-27(33)36-19(2)24(34)20-10-12-22(13-11-20)30-26(35)28(3,4)5/h6-17,19H,1-5H3,(H,30,35). The zero-order valence-corrected chi connectivity index (χ0v) is 21.8. The van der Waals surface area contributed by atoms with Gasteiger partial charge in [-0.1, -0.05) is 50.7 Å². The van der Waals surface area contributed by atoms with E-state index in [4.69, 9.17) is 0 Å². The molecule has 0 saturated heterocycles. The fraction of sp³-hybridized carbons (Fsp3) is 0.250. The number of pyridine rings is 1. The third-order valence-electron chi connectivity index (χ3n) is 5.69. The minimum absolute atomic E-state index is 0.0292. The van der Waals surface area contributed by atoms with Gasteiger partial charge in [0.05, 0.1) is 10.9 Å². The predicted octanol–water partition coefficient (Wildman–Crippen LogP) is 5.99. The van der Waals surface area contributed by atoms with E-state index in [1.807, 2.05) is 75.6 Å². The Morgan fingerprint density at radius 2 is 1.61 bits per heavy atom. The molecule has 1 atom stereocenters. The first-order valence-corrected chi connectivity index (χ1v) is 12.6. The second kappa shape index (κ2) is 10.5. The van der Waals surface area contributed by atoms with E-state index < -0.39 is 10.7 Å². The van der Waals surface area contributed by atoms with Crippen molar-refractivity contribution in [2.24, 2.45) is 5.41 Å². The number of carbonyl (C=O) groups is 2. The molecule has 2 aromatic heterocycles. The van der Waals surface area contributed by atoms with Gasteiger partial charge in [-0.25, -0.2) is 0 Å². The normalized spacial score (nSPS) is 12.2. The van der Waals surface area contributed by atoms with Gasteiger partial charge in [-0.05, 0) is 61.9 Å². The molecular formula is C28H29N5O2S. The van der Waals surface area contributed by atoms with E-state index in [1.165, 1.54) is 11.8 Å². The summed E-state index contributed by atoms with van der Waals surface area (Å²) >= 11 is 1.36. The Hall–Kier alpha value is -3.78. The molecule has 4 rings (SSSR count). The van der Waals surface area contributed by atoms with Crippen LogP contribution in [0.1, 0.15) is 43.6 Å². The van der Waals surface area contributed by atoms with Crippen LogP contribution in [-0.2, 0) is 4.79 Å². The van der Waals surface area contributed by atoms with Gasteiger partial charge in [-0.15, -0.1) is 10.2 Å². The number of aromatic nitrogens is 4. The van der Waals surface area contributed by atoms with Crippen molar-refractivity contribution in [1.82, 2.24) is 19.7 Å². The summed E-state index contributed by atoms with van der Waals surface area (Å²) in [4.78, 5) is 29.6. The van der Waals surface area contributed by atoms with Gasteiger partial charge in [0.25, 0.3) is 0 Å². The van der Waals surface area contributed by atoms with Crippen LogP contribution in [0, 0.1) is 12.3 Å². The zero-order chi connectivity index (χ0) is 25.9. The van der Waals surface area contributed by atoms with Crippen LogP contribution in [0.25, 0.3) is 17.1 Å². The fourth-order valence-electron chi connectivity index (χ4n) is 3.55. The first-order chi connectivity index (χ1) is 17.1. The number of ketones is 1. The molecule has 0 aliphatic carbocycles. The van der Waals surface area contributed by atoms with E-state index in [0.717, 1.165) is 16.8 Å². The summed E-state index contributed by atoms with van der Waals surface area (Å²) < 4.78 is 1.99. The minimum Gasteiger partial charge on any atom is -0.326 e. The summed E-state index contributed by atoms with van der Waals surface area (Å²) in [6, 6.07) is 18.8. The van der Waals surface area contributed by atoms with Crippen LogP contribution in [-0.4, -0.2) is 36.7 Å². The summed E-state index contributed by atoms with van der Waals surface area (Å²) in [5, 5.41) is 12.0. The summed E-state index contributed by atoms with van der Waals surface area (Å²) in [6.07, 6.45) is 3.44. The number of nitrogens with one attached hydrogen (secondary N) is 1. The SMILES string of the molecule is Cc1ccccc1-n1c(SC(C)C(=O)c2ccc(NC(=O)C(C)(C)C)cc2)nnc1-c1ccncc1. The average molecular weight is 500 g/mol. The van der Waals surface area contributed by atoms with Crippen LogP contribution in [0.15, 0.2) is 78.2 Å². The number of rotatable bonds is 7. The van der Waals surface area contributed by atoms with Gasteiger partial charge < -0.3 is 5.32 Å². The fourth-order valence-corrected chi connectivity index (χ4v) is 4.49. The van der Waals surface area contributed by atoms with Crippen LogP contribution in [0.4, 0.5) is 5.69 Å². The Bertz CT molecular complexity index is 1380. The molecule has 0 aliphatic rings. The maximum atomic E-state index is 13.3. The minimum atomic E-state index is -0.498. The number of hydrogen-bond acceptors (Lipinski definition) is 6. The maximum Gasteiger partial charge on any atom is 0.229 e. The largest absolute Gasteiger partial charge is 0.326 e. The topological polar surface area (TPSA) is 89.8 Å². The quantitative estimate of drug-likeness (QED) is 0.248. The van der Waals surface area contributed by atoms with Crippen molar-refractivity contribution in [2.45, 2.75) is 45.0 Å². The molecule has 2 heterocycles. The molecule has 1 amide bonds. The lowest BCUT2D eigenvalue weighted by Crippen LogP contribution is -2.27. The van der Waals surface area contributed by atoms with Crippen molar-refractivity contribution in [1.29, 1.82) is 0 Å². The van der Waals surface area contributed by atoms with E-state index in [1.54, 1.807) is 36.7 Å². The molecule has 0 bridgehead atoms. The van der Waals surface area contributed by atoms with Crippen molar-refractivity contribution in [3.05, 3.63) is 84.2 Å². The van der Waals surface area contributed by atoms with Crippen LogP contribution >= 0.6 is 11.8 Å². The van der Waals surface area contributed by atoms with Gasteiger partial charge in [0.2, 0.25) is 5.91 Å². The number of para-hydroxylation sites is 1. The third kappa shape index (κ3) is 5.54. The molecular weight excluding hydrogens is 470 g/mol. The smallest absolute Gasteiger partial charge is 0.229 e. The van der Waals surface area contributed by atoms with Crippen molar-refractivity contribution >= 4 is 29.1 Å². The molecule has 0 aliphatic heterocycles. The number of benzene rings is 2. The van der Waals surface area contributed by atoms with Crippen molar-refractivity contribution in [3.63, 3.8) is 0 Å². The summed E-state index contributed by atoms with van der Waals surface area (Å²) in [5.74, 6) is 0.581. The first-order valence-electron chi connectivity index (χ1n) is 11.7. The van der Waals surface area contributed by atoms with Crippen LogP contribution < -0.4 is 5.32 Å². The van der Waals surface area contributed by atoms with Crippen LogP contribution in [0.3, 0.4) is 0 Å². The van der Waals surface area contributed by atoms with E-state index in [9.17, 15) is 9.59 Å². The van der Waals surface area contributed by atoms with E-state index >= 15 is 0 Å². The van der Waals surface area contributed by atoms with Crippen molar-refractivity contribution in [3.8, 4) is 17.1 Å². The number of aryl methyl sites for hydroxylation is 1. The number of thioether (sulfide) groups is 1. The van der Waals surface area contributed by atoms with E-state index in [0.29, 0.717) is 22.2 Å². The molecule has 8 heteroatoms. The van der Waals surface area contributed by atoms with Gasteiger partial charge in [0, 0.05) is 34.6 Å². The third-order valence-corrected chi connectivity index (χ3v) is 6.73. The number of carbonyl (C=O) groups excluding carboxylic acids is 2. The number of nitrogens with zero attached hydrogens (tertiary/aromatic N) is 4. The Morgan fingerprint density at radius 3 is 2.25 bits per heavy atom. The Morgan fingerprint density at radius 1 is 0.944 bits per heavy atom. The molecule has 2 aromatic carbocycles. The highest BCUT2D eigenvalue weighted by Gasteiger charge is 2.24. The molecule has 4 aromatic rings. The van der Waals surface area contributed by atoms with Crippen LogP contribution in [0.5, 0.6) is 0 Å². The highest BCUT2D eigenvalue weighted by molar-refractivity contribution is 8.00. The number of anilines is 1. The van der Waals surface area contributed by atoms with Gasteiger partial charge in [-0.2, -0.15) is 0 Å². The highest BCUT2D eigenvalue weighted by Crippen LogP contribution is 2.32. The number of Topliss-reactive ketones (excluding diaryl/α,β-unsaturated/α-hetero) is 1.